The smallest absolute Gasteiger partial charge is 0.420 e. The van der Waals surface area contributed by atoms with E-state index in [1.165, 1.54) is 52.0 Å². The van der Waals surface area contributed by atoms with Gasteiger partial charge in [-0.15, -0.1) is 0 Å². The fourth-order valence-electron chi connectivity index (χ4n) is 10.4. The molecule has 0 aromatic heterocycles. The molecule has 11 atom stereocenters. The summed E-state index contributed by atoms with van der Waals surface area (Å²) in [6.07, 6.45) is -13.9. The molecule has 3 aliphatic carbocycles. The molecule has 1 saturated heterocycles. The summed E-state index contributed by atoms with van der Waals surface area (Å²) in [4.78, 5) is 99.6. The van der Waals surface area contributed by atoms with Gasteiger partial charge in [0.05, 0.1) is 29.6 Å². The molecule has 0 radical (unpaired) electrons. The van der Waals surface area contributed by atoms with Gasteiger partial charge in [0.1, 0.15) is 47.3 Å². The standard InChI is InChI=1S/C50H63NO17/c1-26-31(64-42(58)37(63-27(2)52)35(29-19-15-13-16-20-29)51(43(59)67-45(4,5)6)44(60)68-46(7,8)9)24-50(61)40(65-41(57)30-21-17-14-18-22-30)38-48(12,39(56)36(55)34(26)47(50,10)11)32(54)23-33-49(38,25-62-33)66-28(3)53/h13-22,31-33,35-38,40,54-55,61H,23-25H2,1-12H3/t31-,32-,33+,35?,36+,37+,38?,40?,48+,49-,50+/m0/s1. The normalized spacial score (nSPS) is 30.5. The lowest BCUT2D eigenvalue weighted by atomic mass is 9.44. The molecule has 1 aliphatic heterocycles. The molecule has 2 saturated carbocycles. The van der Waals surface area contributed by atoms with Crippen LogP contribution in [-0.4, -0.2) is 128 Å². The summed E-state index contributed by atoms with van der Waals surface area (Å²) in [6.45, 7) is 16.9. The first-order valence-electron chi connectivity index (χ1n) is 22.5. The van der Waals surface area contributed by atoms with Crippen molar-refractivity contribution in [3.63, 3.8) is 0 Å². The van der Waals surface area contributed by atoms with Crippen molar-refractivity contribution in [2.24, 2.45) is 16.7 Å². The summed E-state index contributed by atoms with van der Waals surface area (Å²) in [6, 6.07) is 13.6. The van der Waals surface area contributed by atoms with Gasteiger partial charge in [0.25, 0.3) is 0 Å². The molecule has 2 amide bonds. The highest BCUT2D eigenvalue weighted by molar-refractivity contribution is 5.94. The lowest BCUT2D eigenvalue weighted by Gasteiger charge is -2.67. The number of carbonyl (C=O) groups excluding carboxylic acids is 7. The number of hydrogen-bond donors (Lipinski definition) is 3. The van der Waals surface area contributed by atoms with Crippen LogP contribution in [-0.2, 0) is 52.3 Å². The molecule has 2 aromatic rings. The fraction of sp³-hybridized carbons (Fsp3) is 0.580. The number of ether oxygens (including phenoxy) is 7. The average Bonchev–Trinajstić information content (AvgIpc) is 3.22. The third-order valence-corrected chi connectivity index (χ3v) is 13.6. The van der Waals surface area contributed by atoms with Crippen molar-refractivity contribution in [1.82, 2.24) is 4.90 Å². The summed E-state index contributed by atoms with van der Waals surface area (Å²) in [5, 5.41) is 38.1. The number of amides is 2. The van der Waals surface area contributed by atoms with E-state index in [0.29, 0.717) is 4.90 Å². The van der Waals surface area contributed by atoms with Crippen LogP contribution in [0.15, 0.2) is 71.8 Å². The summed E-state index contributed by atoms with van der Waals surface area (Å²) < 4.78 is 41.5. The minimum absolute atomic E-state index is 0.0322. The topological polar surface area (TPSA) is 248 Å². The van der Waals surface area contributed by atoms with E-state index in [0.717, 1.165) is 13.8 Å². The maximum Gasteiger partial charge on any atom is 0.420 e. The van der Waals surface area contributed by atoms with Crippen LogP contribution in [0.1, 0.15) is 118 Å². The second kappa shape index (κ2) is 18.3. The number of ketones is 1. The van der Waals surface area contributed by atoms with E-state index in [1.807, 2.05) is 0 Å². The molecule has 6 rings (SSSR count). The number of Topliss-reactive ketones (excluding diaryl/α,β-unsaturated/α-hetero) is 1. The molecule has 1 heterocycles. The summed E-state index contributed by atoms with van der Waals surface area (Å²) in [5.74, 6) is -6.77. The van der Waals surface area contributed by atoms with Crippen LogP contribution in [0, 0.1) is 16.7 Å². The van der Waals surface area contributed by atoms with Gasteiger partial charge in [-0.25, -0.2) is 24.1 Å². The number of fused-ring (bicyclic) bond motifs is 5. The maximum absolute atomic E-state index is 15.2. The zero-order valence-corrected chi connectivity index (χ0v) is 40.5. The lowest BCUT2D eigenvalue weighted by Crippen LogP contribution is -2.81. The second-order valence-electron chi connectivity index (χ2n) is 20.8. The van der Waals surface area contributed by atoms with Gasteiger partial charge in [-0.2, -0.15) is 0 Å². The Morgan fingerprint density at radius 3 is 1.84 bits per heavy atom. The third-order valence-electron chi connectivity index (χ3n) is 13.6. The van der Waals surface area contributed by atoms with Crippen LogP contribution in [0.2, 0.25) is 0 Å². The Kier molecular flexibility index (Phi) is 13.9. The number of hydrogen-bond acceptors (Lipinski definition) is 17. The Morgan fingerprint density at radius 2 is 1.35 bits per heavy atom. The number of imide groups is 1. The number of aliphatic hydroxyl groups is 3. The van der Waals surface area contributed by atoms with Crippen LogP contribution in [0.25, 0.3) is 0 Å². The zero-order chi connectivity index (χ0) is 50.7. The number of esters is 4. The van der Waals surface area contributed by atoms with E-state index in [1.54, 1.807) is 77.9 Å². The average molecular weight is 950 g/mol. The van der Waals surface area contributed by atoms with Gasteiger partial charge in [-0.1, -0.05) is 62.4 Å². The Labute approximate surface area is 395 Å². The van der Waals surface area contributed by atoms with Gasteiger partial charge in [0.15, 0.2) is 11.4 Å². The minimum atomic E-state index is -2.48. The molecule has 18 nitrogen and oxygen atoms in total. The first-order valence-corrected chi connectivity index (χ1v) is 22.5. The molecule has 370 valence electrons. The highest BCUT2D eigenvalue weighted by Gasteiger charge is 2.78. The summed E-state index contributed by atoms with van der Waals surface area (Å²) >= 11 is 0. The van der Waals surface area contributed by atoms with Gasteiger partial charge in [-0.05, 0) is 84.2 Å². The van der Waals surface area contributed by atoms with Crippen molar-refractivity contribution in [1.29, 1.82) is 0 Å². The van der Waals surface area contributed by atoms with Crippen molar-refractivity contribution in [2.75, 3.05) is 6.61 Å². The molecule has 3 fully saturated rings. The largest absolute Gasteiger partial charge is 0.455 e. The van der Waals surface area contributed by atoms with Gasteiger partial charge >= 0.3 is 36.1 Å². The second-order valence-corrected chi connectivity index (χ2v) is 20.8. The highest BCUT2D eigenvalue weighted by Crippen LogP contribution is 2.64. The Morgan fingerprint density at radius 1 is 0.809 bits per heavy atom. The van der Waals surface area contributed by atoms with E-state index in [9.17, 15) is 39.3 Å². The molecule has 2 aromatic carbocycles. The maximum atomic E-state index is 15.2. The van der Waals surface area contributed by atoms with E-state index in [-0.39, 0.29) is 35.3 Å². The summed E-state index contributed by atoms with van der Waals surface area (Å²) in [7, 11) is 0. The van der Waals surface area contributed by atoms with Crippen molar-refractivity contribution in [2.45, 2.75) is 161 Å². The first kappa shape index (κ1) is 51.7. The van der Waals surface area contributed by atoms with E-state index in [2.05, 4.69) is 0 Å². The van der Waals surface area contributed by atoms with Crippen molar-refractivity contribution < 1.29 is 82.0 Å². The Bertz CT molecular complexity index is 2320. The predicted octanol–water partition coefficient (Wildman–Crippen LogP) is 5.48. The van der Waals surface area contributed by atoms with Crippen LogP contribution >= 0.6 is 0 Å². The van der Waals surface area contributed by atoms with E-state index >= 15 is 9.59 Å². The molecule has 3 N–H and O–H groups in total. The van der Waals surface area contributed by atoms with Gasteiger partial charge in [0.2, 0.25) is 6.10 Å². The van der Waals surface area contributed by atoms with E-state index in [4.69, 9.17) is 33.2 Å². The summed E-state index contributed by atoms with van der Waals surface area (Å²) in [5.41, 5.74) is -10.5. The Hall–Kier alpha value is -5.69. The molecular weight excluding hydrogens is 887 g/mol. The molecule has 2 bridgehead atoms. The van der Waals surface area contributed by atoms with Gasteiger partial charge in [0, 0.05) is 32.1 Å². The molecular formula is C50H63NO17. The first-order chi connectivity index (χ1) is 31.4. The molecule has 0 spiro atoms. The third kappa shape index (κ3) is 9.27. The van der Waals surface area contributed by atoms with Crippen molar-refractivity contribution >= 4 is 41.8 Å². The predicted molar refractivity (Wildman–Crippen MR) is 238 cm³/mol. The van der Waals surface area contributed by atoms with Gasteiger partial charge in [-0.3, -0.25) is 14.4 Å². The van der Waals surface area contributed by atoms with Gasteiger partial charge < -0.3 is 48.5 Å². The Balaban J connectivity index is 1.56. The number of carbonyl (C=O) groups is 7. The number of nitrogens with zero attached hydrogens (tertiary/aromatic N) is 1. The van der Waals surface area contributed by atoms with Crippen LogP contribution in [0.3, 0.4) is 0 Å². The van der Waals surface area contributed by atoms with Crippen molar-refractivity contribution in [3.8, 4) is 0 Å². The highest BCUT2D eigenvalue weighted by atomic mass is 16.6. The zero-order valence-electron chi connectivity index (χ0n) is 40.5. The minimum Gasteiger partial charge on any atom is -0.455 e. The van der Waals surface area contributed by atoms with Crippen LogP contribution in [0.5, 0.6) is 0 Å². The quantitative estimate of drug-likeness (QED) is 0.160. The molecule has 4 aliphatic rings. The van der Waals surface area contributed by atoms with Crippen LogP contribution < -0.4 is 0 Å². The van der Waals surface area contributed by atoms with Crippen molar-refractivity contribution in [3.05, 3.63) is 82.9 Å². The molecule has 18 heteroatoms. The number of benzene rings is 2. The number of aliphatic hydroxyl groups excluding tert-OH is 2. The monoisotopic (exact) mass is 949 g/mol. The number of rotatable bonds is 9. The molecule has 3 unspecified atom stereocenters. The SMILES string of the molecule is CC(=O)O[C@@H](C(=O)O[C@H]1C[C@@]2(O)C(OC(=O)c3ccccc3)C3[C@](C)(C(=O)[C@H](O)C(=C1C)C2(C)C)[C@@H](O)C[C@H]1OC[C@@]31OC(C)=O)C(c1ccccc1)N(C(=O)OC(C)(C)C)C(=O)OC(C)(C)C. The lowest BCUT2D eigenvalue weighted by molar-refractivity contribution is -0.346. The van der Waals surface area contributed by atoms with Crippen LogP contribution in [0.4, 0.5) is 9.59 Å². The fourth-order valence-corrected chi connectivity index (χ4v) is 10.4. The molecule has 68 heavy (non-hydrogen) atoms. The van der Waals surface area contributed by atoms with E-state index < -0.39 is 130 Å².